The van der Waals surface area contributed by atoms with E-state index in [0.717, 1.165) is 22.2 Å². The van der Waals surface area contributed by atoms with E-state index >= 15 is 0 Å². The van der Waals surface area contributed by atoms with Crippen molar-refractivity contribution in [3.8, 4) is 0 Å². The average molecular weight is 388 g/mol. The molecule has 2 aromatic heterocycles. The van der Waals surface area contributed by atoms with Gasteiger partial charge in [-0.05, 0) is 34.2 Å². The van der Waals surface area contributed by atoms with E-state index in [2.05, 4.69) is 37.0 Å². The van der Waals surface area contributed by atoms with Crippen LogP contribution in [0.3, 0.4) is 0 Å². The summed E-state index contributed by atoms with van der Waals surface area (Å²) in [7, 11) is 0. The van der Waals surface area contributed by atoms with Crippen molar-refractivity contribution in [3.05, 3.63) is 36.3 Å². The number of nitrogens with two attached hydrogens (primary N) is 1. The van der Waals surface area contributed by atoms with Crippen LogP contribution in [-0.4, -0.2) is 29.3 Å². The zero-order chi connectivity index (χ0) is 13.5. The summed E-state index contributed by atoms with van der Waals surface area (Å²) in [5, 5.41) is 1.06. The Bertz CT molecular complexity index is 596. The Hall–Kier alpha value is -0.980. The first kappa shape index (κ1) is 14.4. The summed E-state index contributed by atoms with van der Waals surface area (Å²) in [5.74, 6) is 0. The molecule has 0 amide bonds. The lowest BCUT2D eigenvalue weighted by atomic mass is 10.1. The van der Waals surface area contributed by atoms with Crippen molar-refractivity contribution in [1.82, 2.24) is 9.97 Å². The van der Waals surface area contributed by atoms with Crippen molar-refractivity contribution >= 4 is 51.3 Å². The number of aromatic amines is 1. The fourth-order valence-corrected chi connectivity index (χ4v) is 2.44. The Morgan fingerprint density at radius 1 is 1.63 bits per heavy atom. The predicted molar refractivity (Wildman–Crippen MR) is 89.9 cm³/mol. The van der Waals surface area contributed by atoms with Crippen molar-refractivity contribution in [2.24, 2.45) is 10.7 Å². The quantitative estimate of drug-likeness (QED) is 0.346. The smallest absolute Gasteiger partial charge is 0.137 e. The van der Waals surface area contributed by atoms with Gasteiger partial charge in [0.05, 0.1) is 19.6 Å². The molecule has 1 atom stereocenters. The van der Waals surface area contributed by atoms with Gasteiger partial charge in [-0.25, -0.2) is 4.98 Å². The van der Waals surface area contributed by atoms with E-state index in [1.807, 2.05) is 18.3 Å². The maximum Gasteiger partial charge on any atom is 0.137 e. The molecule has 5 nitrogen and oxygen atoms in total. The van der Waals surface area contributed by atoms with Gasteiger partial charge in [0.1, 0.15) is 5.65 Å². The average Bonchev–Trinajstić information content (AvgIpc) is 2.90. The van der Waals surface area contributed by atoms with Gasteiger partial charge < -0.3 is 15.2 Å². The lowest BCUT2D eigenvalue weighted by Gasteiger charge is -2.01. The number of aromatic nitrogens is 2. The highest BCUT2D eigenvalue weighted by Crippen LogP contribution is 2.21. The van der Waals surface area contributed by atoms with E-state index < -0.39 is 0 Å². The van der Waals surface area contributed by atoms with E-state index in [0.29, 0.717) is 19.6 Å². The molecule has 0 fully saturated rings. The minimum atomic E-state index is 0.473. The van der Waals surface area contributed by atoms with Crippen LogP contribution in [-0.2, 0) is 4.52 Å². The van der Waals surface area contributed by atoms with Crippen LogP contribution >= 0.6 is 28.5 Å². The Morgan fingerprint density at radius 3 is 3.32 bits per heavy atom. The first-order chi connectivity index (χ1) is 9.35. The summed E-state index contributed by atoms with van der Waals surface area (Å²) < 4.78 is 5.24. The number of rotatable bonds is 6. The van der Waals surface area contributed by atoms with Crippen LogP contribution in [0.2, 0.25) is 0 Å². The van der Waals surface area contributed by atoms with Crippen LogP contribution in [0.15, 0.2) is 35.7 Å². The van der Waals surface area contributed by atoms with Gasteiger partial charge in [0.25, 0.3) is 0 Å². The third kappa shape index (κ3) is 3.99. The van der Waals surface area contributed by atoms with Gasteiger partial charge in [-0.15, -0.1) is 0 Å². The Morgan fingerprint density at radius 2 is 2.53 bits per heavy atom. The van der Waals surface area contributed by atoms with Gasteiger partial charge in [-0.2, -0.15) is 0 Å². The van der Waals surface area contributed by atoms with Gasteiger partial charge in [0.2, 0.25) is 0 Å². The molecule has 7 heteroatoms. The van der Waals surface area contributed by atoms with Crippen molar-refractivity contribution in [2.45, 2.75) is 0 Å². The van der Waals surface area contributed by atoms with Gasteiger partial charge in [0.15, 0.2) is 0 Å². The molecule has 0 aliphatic carbocycles. The van der Waals surface area contributed by atoms with Gasteiger partial charge >= 0.3 is 0 Å². The van der Waals surface area contributed by atoms with E-state index in [1.165, 1.54) is 0 Å². The van der Waals surface area contributed by atoms with Gasteiger partial charge in [-0.3, -0.25) is 4.99 Å². The second-order valence-corrected chi connectivity index (χ2v) is 5.49. The maximum absolute atomic E-state index is 5.65. The molecule has 2 aromatic rings. The second-order valence-electron chi connectivity index (χ2n) is 3.72. The summed E-state index contributed by atoms with van der Waals surface area (Å²) in [6.45, 7) is 1.73. The molecule has 0 aliphatic heterocycles. The van der Waals surface area contributed by atoms with Crippen LogP contribution in [0.25, 0.3) is 16.6 Å². The molecule has 0 saturated carbocycles. The molecular formula is C12H14IN4OP. The summed E-state index contributed by atoms with van der Waals surface area (Å²) in [6, 6.07) is 4.01. The fraction of sp³-hybridized carbons (Fsp3) is 0.167. The number of pyridine rings is 1. The number of halogens is 1. The standard InChI is InChI=1S/C12H14IN4OP/c13-19-18-4-3-15-7-11(6-14)10-5-9-1-2-16-12(9)17-8-10/h1-2,5-8,19H,3-4,14H2,(H,16,17). The first-order valence-corrected chi connectivity index (χ1v) is 9.70. The Balaban J connectivity index is 2.08. The topological polar surface area (TPSA) is 76.3 Å². The van der Waals surface area contributed by atoms with Crippen LogP contribution < -0.4 is 5.73 Å². The van der Waals surface area contributed by atoms with Gasteiger partial charge in [-0.1, -0.05) is 0 Å². The highest BCUT2D eigenvalue weighted by molar-refractivity contribution is 14.2. The molecule has 0 aliphatic rings. The zero-order valence-electron chi connectivity index (χ0n) is 10.1. The molecule has 0 spiro atoms. The highest BCUT2D eigenvalue weighted by Gasteiger charge is 2.02. The molecule has 0 aromatic carbocycles. The molecular weight excluding hydrogens is 374 g/mol. The van der Waals surface area contributed by atoms with Gasteiger partial charge in [0, 0.05) is 41.3 Å². The van der Waals surface area contributed by atoms with E-state index in [4.69, 9.17) is 10.3 Å². The monoisotopic (exact) mass is 388 g/mol. The largest absolute Gasteiger partial charge is 0.404 e. The number of H-pyrrole nitrogens is 1. The third-order valence-electron chi connectivity index (χ3n) is 2.52. The van der Waals surface area contributed by atoms with E-state index in [9.17, 15) is 0 Å². The first-order valence-electron chi connectivity index (χ1n) is 5.68. The molecule has 0 radical (unpaired) electrons. The zero-order valence-corrected chi connectivity index (χ0v) is 13.3. The Kier molecular flexibility index (Phi) is 5.75. The number of hydrogen-bond acceptors (Lipinski definition) is 4. The number of allylic oxidation sites excluding steroid dienone is 1. The SMILES string of the molecule is NC=C(C=NCCOPI)c1cnc2[nH]ccc2c1. The van der Waals surface area contributed by atoms with Crippen LogP contribution in [0.4, 0.5) is 0 Å². The molecule has 2 rings (SSSR count). The minimum Gasteiger partial charge on any atom is -0.404 e. The summed E-state index contributed by atoms with van der Waals surface area (Å²) in [5.41, 5.74) is 8.32. The summed E-state index contributed by atoms with van der Waals surface area (Å²) in [4.78, 5) is 11.7. The normalized spacial score (nSPS) is 13.2. The molecule has 0 saturated heterocycles. The van der Waals surface area contributed by atoms with Crippen molar-refractivity contribution < 1.29 is 4.52 Å². The van der Waals surface area contributed by atoms with Crippen molar-refractivity contribution in [1.29, 1.82) is 0 Å². The number of aliphatic imine (C=N–C) groups is 1. The minimum absolute atomic E-state index is 0.473. The van der Waals surface area contributed by atoms with E-state index in [-0.39, 0.29) is 0 Å². The van der Waals surface area contributed by atoms with Crippen LogP contribution in [0.1, 0.15) is 5.56 Å². The maximum atomic E-state index is 5.65. The lowest BCUT2D eigenvalue weighted by Crippen LogP contribution is -1.95. The lowest BCUT2D eigenvalue weighted by molar-refractivity contribution is 0.384. The molecule has 3 N–H and O–H groups in total. The van der Waals surface area contributed by atoms with Crippen LogP contribution in [0.5, 0.6) is 0 Å². The molecule has 2 heterocycles. The molecule has 1 unspecified atom stereocenters. The summed E-state index contributed by atoms with van der Waals surface area (Å²) in [6.07, 6.45) is 6.95. The molecule has 0 bridgehead atoms. The van der Waals surface area contributed by atoms with Crippen molar-refractivity contribution in [3.63, 3.8) is 0 Å². The predicted octanol–water partition coefficient (Wildman–Crippen LogP) is 2.89. The molecule has 100 valence electrons. The highest BCUT2D eigenvalue weighted by atomic mass is 127. The number of hydrogen-bond donors (Lipinski definition) is 2. The number of nitrogens with zero attached hydrogens (tertiary/aromatic N) is 2. The number of fused-ring (bicyclic) bond motifs is 1. The molecule has 19 heavy (non-hydrogen) atoms. The number of nitrogens with one attached hydrogen (secondary N) is 1. The summed E-state index contributed by atoms with van der Waals surface area (Å²) >= 11 is 2.19. The van der Waals surface area contributed by atoms with Crippen LogP contribution in [0, 0.1) is 0 Å². The Labute approximate surface area is 126 Å². The second kappa shape index (κ2) is 7.57. The third-order valence-corrected chi connectivity index (χ3v) is 3.77. The van der Waals surface area contributed by atoms with E-state index in [1.54, 1.807) is 18.6 Å². The van der Waals surface area contributed by atoms with Crippen molar-refractivity contribution in [2.75, 3.05) is 13.2 Å². The fourth-order valence-electron chi connectivity index (χ4n) is 1.61.